The van der Waals surface area contributed by atoms with Crippen molar-refractivity contribution >= 4 is 22.9 Å². The van der Waals surface area contributed by atoms with Crippen molar-refractivity contribution in [3.05, 3.63) is 0 Å². The average Bonchev–Trinajstić information content (AvgIpc) is 2.21. The van der Waals surface area contributed by atoms with E-state index < -0.39 is 4.75 Å². The summed E-state index contributed by atoms with van der Waals surface area (Å²) in [6, 6.07) is 0. The van der Waals surface area contributed by atoms with E-state index in [4.69, 9.17) is 5.11 Å². The maximum absolute atomic E-state index is 11.5. The number of hydrogen-bond acceptors (Lipinski definition) is 4. The smallest absolute Gasteiger partial charge is 0.289 e. The van der Waals surface area contributed by atoms with Gasteiger partial charge in [-0.3, -0.25) is 14.5 Å². The van der Waals surface area contributed by atoms with Crippen molar-refractivity contribution in [2.45, 2.75) is 25.0 Å². The third kappa shape index (κ3) is 2.03. The maximum atomic E-state index is 11.5. The molecular formula is C8H13NO3S. The molecule has 1 N–H and O–H groups in total. The van der Waals surface area contributed by atoms with E-state index in [0.29, 0.717) is 13.0 Å². The number of hydrogen-bond donors (Lipinski definition) is 1. The quantitative estimate of drug-likeness (QED) is 0.738. The minimum Gasteiger partial charge on any atom is -0.396 e. The summed E-state index contributed by atoms with van der Waals surface area (Å²) < 4.78 is -0.632. The Morgan fingerprint density at radius 2 is 2.08 bits per heavy atom. The number of aliphatic hydroxyl groups is 1. The first-order chi connectivity index (χ1) is 5.99. The lowest BCUT2D eigenvalue weighted by molar-refractivity contribution is -0.128. The van der Waals surface area contributed by atoms with Crippen LogP contribution in [0, 0.1) is 0 Å². The van der Waals surface area contributed by atoms with Gasteiger partial charge in [-0.05, 0) is 32.0 Å². The monoisotopic (exact) mass is 203 g/mol. The molecule has 0 atom stereocenters. The molecule has 1 heterocycles. The SMILES string of the molecule is CC1(C)SC(=O)N(CCCO)C1=O. The zero-order valence-electron chi connectivity index (χ0n) is 7.74. The third-order valence-corrected chi connectivity index (χ3v) is 2.94. The molecule has 0 aromatic rings. The number of thioether (sulfide) groups is 1. The molecule has 4 nitrogen and oxygen atoms in total. The van der Waals surface area contributed by atoms with E-state index in [2.05, 4.69) is 0 Å². The largest absolute Gasteiger partial charge is 0.396 e. The first-order valence-electron chi connectivity index (χ1n) is 4.15. The topological polar surface area (TPSA) is 57.6 Å². The molecule has 0 aromatic heterocycles. The van der Waals surface area contributed by atoms with Crippen LogP contribution in [-0.2, 0) is 4.79 Å². The van der Waals surface area contributed by atoms with Gasteiger partial charge in [-0.15, -0.1) is 0 Å². The highest BCUT2D eigenvalue weighted by Crippen LogP contribution is 2.36. The van der Waals surface area contributed by atoms with Crippen molar-refractivity contribution in [1.29, 1.82) is 0 Å². The van der Waals surface area contributed by atoms with E-state index in [9.17, 15) is 9.59 Å². The molecular weight excluding hydrogens is 190 g/mol. The summed E-state index contributed by atoms with van der Waals surface area (Å²) in [5.74, 6) is -0.157. The number of imide groups is 1. The normalized spacial score (nSPS) is 21.3. The number of rotatable bonds is 3. The molecule has 0 aromatic carbocycles. The van der Waals surface area contributed by atoms with E-state index in [1.807, 2.05) is 0 Å². The van der Waals surface area contributed by atoms with Crippen molar-refractivity contribution in [3.8, 4) is 0 Å². The van der Waals surface area contributed by atoms with Gasteiger partial charge in [0.15, 0.2) is 0 Å². The van der Waals surface area contributed by atoms with Crippen LogP contribution in [0.3, 0.4) is 0 Å². The molecule has 0 bridgehead atoms. The highest BCUT2D eigenvalue weighted by molar-refractivity contribution is 8.16. The average molecular weight is 203 g/mol. The van der Waals surface area contributed by atoms with Crippen molar-refractivity contribution in [2.24, 2.45) is 0 Å². The molecule has 0 saturated carbocycles. The predicted octanol–water partition coefficient (Wildman–Crippen LogP) is 0.843. The lowest BCUT2D eigenvalue weighted by atomic mass is 10.2. The first-order valence-corrected chi connectivity index (χ1v) is 4.96. The van der Waals surface area contributed by atoms with Gasteiger partial charge in [-0.1, -0.05) is 0 Å². The fraction of sp³-hybridized carbons (Fsp3) is 0.750. The minimum absolute atomic E-state index is 0.00214. The third-order valence-electron chi connectivity index (χ3n) is 1.86. The van der Waals surface area contributed by atoms with E-state index in [1.54, 1.807) is 13.8 Å². The van der Waals surface area contributed by atoms with Gasteiger partial charge in [-0.25, -0.2) is 0 Å². The molecule has 0 aliphatic carbocycles. The second kappa shape index (κ2) is 3.67. The molecule has 1 aliphatic heterocycles. The molecule has 0 spiro atoms. The van der Waals surface area contributed by atoms with Gasteiger partial charge in [0.05, 0.1) is 4.75 Å². The van der Waals surface area contributed by atoms with Crippen LogP contribution >= 0.6 is 11.8 Å². The zero-order valence-corrected chi connectivity index (χ0v) is 8.56. The lowest BCUT2D eigenvalue weighted by Crippen LogP contribution is -2.36. The molecule has 2 amide bonds. The summed E-state index contributed by atoms with van der Waals surface area (Å²) in [4.78, 5) is 24.0. The Labute approximate surface area is 81.3 Å². The van der Waals surface area contributed by atoms with Crippen LogP contribution < -0.4 is 0 Å². The van der Waals surface area contributed by atoms with Crippen LogP contribution in [0.5, 0.6) is 0 Å². The number of amides is 2. The van der Waals surface area contributed by atoms with Crippen molar-refractivity contribution in [1.82, 2.24) is 4.90 Å². The highest BCUT2D eigenvalue weighted by Gasteiger charge is 2.45. The summed E-state index contributed by atoms with van der Waals surface area (Å²) >= 11 is 1.05. The van der Waals surface area contributed by atoms with Gasteiger partial charge in [0.1, 0.15) is 0 Å². The molecule has 0 unspecified atom stereocenters. The fourth-order valence-corrected chi connectivity index (χ4v) is 2.07. The Bertz CT molecular complexity index is 240. The van der Waals surface area contributed by atoms with Gasteiger partial charge in [0, 0.05) is 13.2 Å². The Kier molecular flexibility index (Phi) is 2.98. The summed E-state index contributed by atoms with van der Waals surface area (Å²) in [5, 5.41) is 8.37. The van der Waals surface area contributed by atoms with Gasteiger partial charge >= 0.3 is 0 Å². The number of aliphatic hydroxyl groups excluding tert-OH is 1. The second-order valence-electron chi connectivity index (χ2n) is 3.41. The molecule has 74 valence electrons. The Morgan fingerprint density at radius 3 is 2.46 bits per heavy atom. The number of carbonyl (C=O) groups excluding carboxylic acids is 2. The van der Waals surface area contributed by atoms with E-state index in [0.717, 1.165) is 11.8 Å². The number of nitrogens with zero attached hydrogens (tertiary/aromatic N) is 1. The van der Waals surface area contributed by atoms with E-state index in [1.165, 1.54) is 4.90 Å². The first kappa shape index (κ1) is 10.5. The van der Waals surface area contributed by atoms with Crippen molar-refractivity contribution in [2.75, 3.05) is 13.2 Å². The van der Waals surface area contributed by atoms with Crippen molar-refractivity contribution in [3.63, 3.8) is 0 Å². The van der Waals surface area contributed by atoms with Crippen LogP contribution in [0.2, 0.25) is 0 Å². The standard InChI is InChI=1S/C8H13NO3S/c1-8(2)6(11)9(4-3-5-10)7(12)13-8/h10H,3-5H2,1-2H3. The van der Waals surface area contributed by atoms with Crippen LogP contribution in [-0.4, -0.2) is 39.1 Å². The van der Waals surface area contributed by atoms with Gasteiger partial charge in [0.25, 0.3) is 5.24 Å². The molecule has 5 heteroatoms. The van der Waals surface area contributed by atoms with Crippen LogP contribution in [0.1, 0.15) is 20.3 Å². The lowest BCUT2D eigenvalue weighted by Gasteiger charge is -2.15. The number of carbonyl (C=O) groups is 2. The summed E-state index contributed by atoms with van der Waals surface area (Å²) in [7, 11) is 0. The molecule has 1 aliphatic rings. The molecule has 13 heavy (non-hydrogen) atoms. The van der Waals surface area contributed by atoms with Gasteiger partial charge < -0.3 is 5.11 Å². The maximum Gasteiger partial charge on any atom is 0.289 e. The zero-order chi connectivity index (χ0) is 10.1. The van der Waals surface area contributed by atoms with Gasteiger partial charge in [0.2, 0.25) is 5.91 Å². The van der Waals surface area contributed by atoms with Crippen LogP contribution in [0.25, 0.3) is 0 Å². The molecule has 1 rings (SSSR count). The predicted molar refractivity (Wildman–Crippen MR) is 50.5 cm³/mol. The Balaban J connectivity index is 2.66. The Hall–Kier alpha value is -0.550. The van der Waals surface area contributed by atoms with Crippen LogP contribution in [0.15, 0.2) is 0 Å². The Morgan fingerprint density at radius 1 is 1.46 bits per heavy atom. The van der Waals surface area contributed by atoms with E-state index in [-0.39, 0.29) is 17.8 Å². The van der Waals surface area contributed by atoms with Crippen LogP contribution in [0.4, 0.5) is 4.79 Å². The summed E-state index contributed by atoms with van der Waals surface area (Å²) in [6.45, 7) is 3.79. The molecule has 1 fully saturated rings. The van der Waals surface area contributed by atoms with Crippen molar-refractivity contribution < 1.29 is 14.7 Å². The summed E-state index contributed by atoms with van der Waals surface area (Å²) in [6.07, 6.45) is 0.452. The highest BCUT2D eigenvalue weighted by atomic mass is 32.2. The van der Waals surface area contributed by atoms with Gasteiger partial charge in [-0.2, -0.15) is 0 Å². The molecule has 0 radical (unpaired) electrons. The minimum atomic E-state index is -0.632. The molecule has 1 saturated heterocycles. The van der Waals surface area contributed by atoms with E-state index >= 15 is 0 Å². The fourth-order valence-electron chi connectivity index (χ4n) is 1.15. The summed E-state index contributed by atoms with van der Waals surface area (Å²) in [5.41, 5.74) is 0. The second-order valence-corrected chi connectivity index (χ2v) is 4.99.